The predicted molar refractivity (Wildman–Crippen MR) is 100.0 cm³/mol. The fourth-order valence-corrected chi connectivity index (χ4v) is 4.39. The number of H-pyrrole nitrogens is 1. The summed E-state index contributed by atoms with van der Waals surface area (Å²) >= 11 is 0. The van der Waals surface area contributed by atoms with Gasteiger partial charge in [-0.3, -0.25) is 9.59 Å². The molecule has 3 aliphatic rings. The fraction of sp³-hybridized carbons (Fsp3) is 0.650. The number of hydrogen-bond acceptors (Lipinski definition) is 4. The SMILES string of the molecule is Cc1[nH]cnc1CC(=O)N1CCOC2(CCN(C(=O)C3CC=CC3)CC2)C1. The van der Waals surface area contributed by atoms with E-state index in [1.165, 1.54) is 0 Å². The first-order chi connectivity index (χ1) is 13.1. The number of aromatic amines is 1. The minimum Gasteiger partial charge on any atom is -0.371 e. The van der Waals surface area contributed by atoms with E-state index in [2.05, 4.69) is 22.1 Å². The van der Waals surface area contributed by atoms with Crippen molar-refractivity contribution >= 4 is 11.8 Å². The third-order valence-electron chi connectivity index (χ3n) is 6.20. The number of ether oxygens (including phenoxy) is 1. The lowest BCUT2D eigenvalue weighted by atomic mass is 9.88. The van der Waals surface area contributed by atoms with E-state index >= 15 is 0 Å². The van der Waals surface area contributed by atoms with Gasteiger partial charge in [0.15, 0.2) is 0 Å². The topological polar surface area (TPSA) is 78.5 Å². The molecule has 27 heavy (non-hydrogen) atoms. The average Bonchev–Trinajstić information content (AvgIpc) is 3.34. The van der Waals surface area contributed by atoms with Gasteiger partial charge < -0.3 is 19.5 Å². The van der Waals surface area contributed by atoms with Crippen LogP contribution in [0.2, 0.25) is 0 Å². The number of morpholine rings is 1. The molecule has 1 aliphatic carbocycles. The van der Waals surface area contributed by atoms with Crippen molar-refractivity contribution in [2.45, 2.75) is 44.6 Å². The quantitative estimate of drug-likeness (QED) is 0.815. The number of piperidine rings is 1. The smallest absolute Gasteiger partial charge is 0.228 e. The zero-order chi connectivity index (χ0) is 18.9. The van der Waals surface area contributed by atoms with Gasteiger partial charge in [0.1, 0.15) is 0 Å². The van der Waals surface area contributed by atoms with Crippen LogP contribution in [-0.2, 0) is 20.7 Å². The number of allylic oxidation sites excluding steroid dienone is 2. The summed E-state index contributed by atoms with van der Waals surface area (Å²) in [5.74, 6) is 0.498. The fourth-order valence-electron chi connectivity index (χ4n) is 4.39. The summed E-state index contributed by atoms with van der Waals surface area (Å²) in [4.78, 5) is 36.5. The minimum atomic E-state index is -0.306. The van der Waals surface area contributed by atoms with Crippen LogP contribution in [0.3, 0.4) is 0 Å². The highest BCUT2D eigenvalue weighted by atomic mass is 16.5. The molecule has 146 valence electrons. The first kappa shape index (κ1) is 18.2. The van der Waals surface area contributed by atoms with Crippen molar-refractivity contribution in [3.8, 4) is 0 Å². The lowest BCUT2D eigenvalue weighted by Gasteiger charge is -2.47. The molecule has 0 bridgehead atoms. The first-order valence-electron chi connectivity index (χ1n) is 9.91. The molecule has 0 atom stereocenters. The Hall–Kier alpha value is -2.15. The molecule has 2 aliphatic heterocycles. The largest absolute Gasteiger partial charge is 0.371 e. The Morgan fingerprint density at radius 2 is 1.96 bits per heavy atom. The second kappa shape index (κ2) is 7.46. The van der Waals surface area contributed by atoms with Crippen LogP contribution < -0.4 is 0 Å². The lowest BCUT2D eigenvalue weighted by molar-refractivity contribution is -0.163. The first-order valence-corrected chi connectivity index (χ1v) is 9.91. The molecule has 2 saturated heterocycles. The van der Waals surface area contributed by atoms with Gasteiger partial charge in [-0.15, -0.1) is 0 Å². The number of aryl methyl sites for hydroxylation is 1. The van der Waals surface area contributed by atoms with E-state index in [-0.39, 0.29) is 23.3 Å². The standard InChI is InChI=1S/C20H28N4O3/c1-15-17(22-14-21-15)12-18(25)24-10-11-27-20(13-24)6-8-23(9-7-20)19(26)16-4-2-3-5-16/h2-3,14,16H,4-13H2,1H3,(H,21,22). The molecule has 2 fully saturated rings. The Balaban J connectivity index is 1.33. The maximum atomic E-state index is 12.7. The number of likely N-dealkylation sites (tertiary alicyclic amines) is 1. The van der Waals surface area contributed by atoms with E-state index < -0.39 is 0 Å². The monoisotopic (exact) mass is 372 g/mol. The number of imidazole rings is 1. The zero-order valence-corrected chi connectivity index (χ0v) is 15.9. The van der Waals surface area contributed by atoms with E-state index in [9.17, 15) is 9.59 Å². The molecule has 1 aromatic rings. The average molecular weight is 372 g/mol. The van der Waals surface area contributed by atoms with E-state index in [0.717, 1.165) is 50.2 Å². The van der Waals surface area contributed by atoms with Crippen molar-refractivity contribution in [3.05, 3.63) is 29.9 Å². The van der Waals surface area contributed by atoms with Gasteiger partial charge in [-0.25, -0.2) is 4.98 Å². The summed E-state index contributed by atoms with van der Waals surface area (Å²) in [5, 5.41) is 0. The van der Waals surface area contributed by atoms with Crippen LogP contribution >= 0.6 is 0 Å². The minimum absolute atomic E-state index is 0.100. The zero-order valence-electron chi connectivity index (χ0n) is 15.9. The molecule has 0 unspecified atom stereocenters. The van der Waals surface area contributed by atoms with Crippen LogP contribution in [0.15, 0.2) is 18.5 Å². The maximum Gasteiger partial charge on any atom is 0.228 e. The number of carbonyl (C=O) groups excluding carboxylic acids is 2. The van der Waals surface area contributed by atoms with Crippen LogP contribution in [0.1, 0.15) is 37.1 Å². The molecule has 1 spiro atoms. The Bertz CT molecular complexity index is 725. The highest BCUT2D eigenvalue weighted by molar-refractivity contribution is 5.80. The predicted octanol–water partition coefficient (Wildman–Crippen LogP) is 1.45. The highest BCUT2D eigenvalue weighted by Crippen LogP contribution is 2.32. The summed E-state index contributed by atoms with van der Waals surface area (Å²) in [6.07, 6.45) is 9.48. The number of hydrogen-bond donors (Lipinski definition) is 1. The van der Waals surface area contributed by atoms with Crippen molar-refractivity contribution in [3.63, 3.8) is 0 Å². The van der Waals surface area contributed by atoms with Gasteiger partial charge in [-0.2, -0.15) is 0 Å². The van der Waals surface area contributed by atoms with Crippen LogP contribution in [-0.4, -0.2) is 70.0 Å². The number of nitrogens with one attached hydrogen (secondary N) is 1. The van der Waals surface area contributed by atoms with Crippen LogP contribution in [0.5, 0.6) is 0 Å². The Kier molecular flexibility index (Phi) is 5.04. The molecule has 0 radical (unpaired) electrons. The molecule has 1 aromatic heterocycles. The molecule has 1 N–H and O–H groups in total. The van der Waals surface area contributed by atoms with Crippen molar-refractivity contribution in [2.75, 3.05) is 32.8 Å². The van der Waals surface area contributed by atoms with Crippen LogP contribution in [0, 0.1) is 12.8 Å². The number of aromatic nitrogens is 2. The van der Waals surface area contributed by atoms with Crippen molar-refractivity contribution in [1.82, 2.24) is 19.8 Å². The van der Waals surface area contributed by atoms with Gasteiger partial charge in [-0.1, -0.05) is 12.2 Å². The lowest BCUT2D eigenvalue weighted by Crippen LogP contribution is -2.59. The Morgan fingerprint density at radius 1 is 1.22 bits per heavy atom. The van der Waals surface area contributed by atoms with Crippen LogP contribution in [0.4, 0.5) is 0 Å². The van der Waals surface area contributed by atoms with Gasteiger partial charge in [0, 0.05) is 37.8 Å². The molecule has 0 aromatic carbocycles. The van der Waals surface area contributed by atoms with E-state index in [1.807, 2.05) is 16.7 Å². The van der Waals surface area contributed by atoms with Gasteiger partial charge in [-0.05, 0) is 32.6 Å². The highest BCUT2D eigenvalue weighted by Gasteiger charge is 2.42. The van der Waals surface area contributed by atoms with Gasteiger partial charge in [0.05, 0.1) is 30.7 Å². The van der Waals surface area contributed by atoms with E-state index in [4.69, 9.17) is 4.74 Å². The van der Waals surface area contributed by atoms with Crippen molar-refractivity contribution in [1.29, 1.82) is 0 Å². The number of carbonyl (C=O) groups is 2. The Morgan fingerprint density at radius 3 is 2.63 bits per heavy atom. The molecular weight excluding hydrogens is 344 g/mol. The summed E-state index contributed by atoms with van der Waals surface area (Å²) < 4.78 is 6.13. The summed E-state index contributed by atoms with van der Waals surface area (Å²) in [5.41, 5.74) is 1.45. The second-order valence-electron chi connectivity index (χ2n) is 7.96. The molecule has 3 heterocycles. The third kappa shape index (κ3) is 3.78. The number of rotatable bonds is 3. The molecule has 4 rings (SSSR count). The van der Waals surface area contributed by atoms with E-state index in [0.29, 0.717) is 26.1 Å². The normalized spacial score (nSPS) is 22.6. The number of nitrogens with zero attached hydrogens (tertiary/aromatic N) is 3. The van der Waals surface area contributed by atoms with Crippen molar-refractivity contribution in [2.24, 2.45) is 5.92 Å². The van der Waals surface area contributed by atoms with Crippen LogP contribution in [0.25, 0.3) is 0 Å². The molecule has 7 nitrogen and oxygen atoms in total. The van der Waals surface area contributed by atoms with Gasteiger partial charge in [0.2, 0.25) is 11.8 Å². The summed E-state index contributed by atoms with van der Waals surface area (Å²) in [6, 6.07) is 0. The van der Waals surface area contributed by atoms with Gasteiger partial charge >= 0.3 is 0 Å². The van der Waals surface area contributed by atoms with Crippen molar-refractivity contribution < 1.29 is 14.3 Å². The number of amides is 2. The van der Waals surface area contributed by atoms with Gasteiger partial charge in [0.25, 0.3) is 0 Å². The summed E-state index contributed by atoms with van der Waals surface area (Å²) in [7, 11) is 0. The van der Waals surface area contributed by atoms with E-state index in [1.54, 1.807) is 6.33 Å². The maximum absolute atomic E-state index is 12.7. The summed E-state index contributed by atoms with van der Waals surface area (Å²) in [6.45, 7) is 5.17. The third-order valence-corrected chi connectivity index (χ3v) is 6.20. The molecule has 7 heteroatoms. The molecule has 0 saturated carbocycles. The second-order valence-corrected chi connectivity index (χ2v) is 7.96. The Labute approximate surface area is 159 Å². The molecule has 2 amide bonds. The molecular formula is C20H28N4O3.